The van der Waals surface area contributed by atoms with Crippen molar-refractivity contribution in [2.75, 3.05) is 6.54 Å². The van der Waals surface area contributed by atoms with Crippen molar-refractivity contribution in [3.05, 3.63) is 47.0 Å². The highest BCUT2D eigenvalue weighted by atomic mass is 32.1. The molecule has 1 unspecified atom stereocenters. The van der Waals surface area contributed by atoms with Gasteiger partial charge in [-0.25, -0.2) is 9.97 Å². The third kappa shape index (κ3) is 1.86. The van der Waals surface area contributed by atoms with Gasteiger partial charge in [-0.3, -0.25) is 0 Å². The first-order chi connectivity index (χ1) is 9.42. The molecule has 0 spiro atoms. The summed E-state index contributed by atoms with van der Waals surface area (Å²) in [5, 5.41) is 4.67. The number of H-pyrrole nitrogens is 1. The van der Waals surface area contributed by atoms with Gasteiger partial charge in [-0.1, -0.05) is 12.1 Å². The van der Waals surface area contributed by atoms with Gasteiger partial charge in [0.15, 0.2) is 0 Å². The van der Waals surface area contributed by atoms with Gasteiger partial charge in [0.25, 0.3) is 0 Å². The molecule has 0 amide bonds. The lowest BCUT2D eigenvalue weighted by atomic mass is 10.1. The van der Waals surface area contributed by atoms with Crippen LogP contribution in [-0.2, 0) is 6.42 Å². The van der Waals surface area contributed by atoms with E-state index in [1.54, 1.807) is 17.7 Å². The SMILES string of the molecule is c1ccc2sc(C3NCCCc4[nH]cnc43)nc2c1. The molecule has 4 rings (SSSR count). The number of aromatic amines is 1. The fraction of sp³-hybridized carbons (Fsp3) is 0.286. The van der Waals surface area contributed by atoms with Crippen LogP contribution in [0, 0.1) is 0 Å². The monoisotopic (exact) mass is 270 g/mol. The van der Waals surface area contributed by atoms with Crippen LogP contribution in [0.1, 0.15) is 28.9 Å². The number of imidazole rings is 1. The Morgan fingerprint density at radius 3 is 3.16 bits per heavy atom. The van der Waals surface area contributed by atoms with Crippen LogP contribution in [0.15, 0.2) is 30.6 Å². The van der Waals surface area contributed by atoms with E-state index in [1.807, 2.05) is 6.07 Å². The molecule has 96 valence electrons. The van der Waals surface area contributed by atoms with Crippen molar-refractivity contribution in [3.8, 4) is 0 Å². The highest BCUT2D eigenvalue weighted by Gasteiger charge is 2.25. The normalized spacial score (nSPS) is 19.3. The maximum Gasteiger partial charge on any atom is 0.117 e. The first-order valence-electron chi connectivity index (χ1n) is 6.53. The first-order valence-corrected chi connectivity index (χ1v) is 7.34. The maximum absolute atomic E-state index is 4.76. The summed E-state index contributed by atoms with van der Waals surface area (Å²) in [7, 11) is 0. The molecule has 2 aromatic heterocycles. The van der Waals surface area contributed by atoms with E-state index in [1.165, 1.54) is 10.4 Å². The van der Waals surface area contributed by atoms with E-state index in [4.69, 9.17) is 4.98 Å². The molecule has 4 nitrogen and oxygen atoms in total. The Bertz CT molecular complexity index is 682. The summed E-state index contributed by atoms with van der Waals surface area (Å²) in [5.41, 5.74) is 3.43. The van der Waals surface area contributed by atoms with Crippen molar-refractivity contribution in [1.82, 2.24) is 20.3 Å². The van der Waals surface area contributed by atoms with E-state index in [2.05, 4.69) is 33.5 Å². The van der Waals surface area contributed by atoms with Crippen LogP contribution in [0.4, 0.5) is 0 Å². The number of aromatic nitrogens is 3. The summed E-state index contributed by atoms with van der Waals surface area (Å²) in [4.78, 5) is 12.5. The van der Waals surface area contributed by atoms with E-state index in [0.717, 1.165) is 35.6 Å². The van der Waals surface area contributed by atoms with Crippen molar-refractivity contribution in [2.24, 2.45) is 0 Å². The summed E-state index contributed by atoms with van der Waals surface area (Å²) in [6, 6.07) is 8.41. The lowest BCUT2D eigenvalue weighted by molar-refractivity contribution is 0.598. The molecule has 2 N–H and O–H groups in total. The number of hydrogen-bond acceptors (Lipinski definition) is 4. The van der Waals surface area contributed by atoms with Crippen molar-refractivity contribution in [1.29, 1.82) is 0 Å². The minimum Gasteiger partial charge on any atom is -0.348 e. The van der Waals surface area contributed by atoms with Gasteiger partial charge >= 0.3 is 0 Å². The Labute approximate surface area is 114 Å². The number of rotatable bonds is 1. The van der Waals surface area contributed by atoms with Crippen LogP contribution in [0.2, 0.25) is 0 Å². The first kappa shape index (κ1) is 11.1. The summed E-state index contributed by atoms with van der Waals surface area (Å²) in [5.74, 6) is 0. The van der Waals surface area contributed by atoms with Gasteiger partial charge in [0.1, 0.15) is 11.0 Å². The molecule has 0 fully saturated rings. The van der Waals surface area contributed by atoms with Crippen molar-refractivity contribution in [2.45, 2.75) is 18.9 Å². The summed E-state index contributed by atoms with van der Waals surface area (Å²) < 4.78 is 1.24. The van der Waals surface area contributed by atoms with Gasteiger partial charge in [-0.15, -0.1) is 11.3 Å². The van der Waals surface area contributed by atoms with Crippen LogP contribution in [0.25, 0.3) is 10.2 Å². The van der Waals surface area contributed by atoms with Crippen LogP contribution in [0.3, 0.4) is 0 Å². The minimum absolute atomic E-state index is 0.126. The average Bonchev–Trinajstić information content (AvgIpc) is 3.01. The van der Waals surface area contributed by atoms with E-state index in [-0.39, 0.29) is 6.04 Å². The Kier molecular flexibility index (Phi) is 2.60. The highest BCUT2D eigenvalue weighted by Crippen LogP contribution is 2.31. The molecular weight excluding hydrogens is 256 g/mol. The predicted molar refractivity (Wildman–Crippen MR) is 76.4 cm³/mol. The third-order valence-corrected chi connectivity index (χ3v) is 4.64. The molecule has 3 heterocycles. The van der Waals surface area contributed by atoms with Crippen molar-refractivity contribution < 1.29 is 0 Å². The molecule has 0 aliphatic carbocycles. The number of benzene rings is 1. The molecule has 3 aromatic rings. The summed E-state index contributed by atoms with van der Waals surface area (Å²) >= 11 is 1.75. The second kappa shape index (κ2) is 4.43. The van der Waals surface area contributed by atoms with Gasteiger partial charge in [0.05, 0.1) is 22.2 Å². The van der Waals surface area contributed by atoms with E-state index in [9.17, 15) is 0 Å². The smallest absolute Gasteiger partial charge is 0.117 e. The Balaban J connectivity index is 1.83. The molecule has 1 aliphatic rings. The average molecular weight is 270 g/mol. The second-order valence-electron chi connectivity index (χ2n) is 4.78. The van der Waals surface area contributed by atoms with E-state index < -0.39 is 0 Å². The molecule has 5 heteroatoms. The molecule has 1 atom stereocenters. The lowest BCUT2D eigenvalue weighted by Gasteiger charge is -2.12. The fourth-order valence-electron chi connectivity index (χ4n) is 2.61. The lowest BCUT2D eigenvalue weighted by Crippen LogP contribution is -2.22. The quantitative estimate of drug-likeness (QED) is 0.714. The number of hydrogen-bond donors (Lipinski definition) is 2. The predicted octanol–water partition coefficient (Wildman–Crippen LogP) is 2.64. The zero-order valence-electron chi connectivity index (χ0n) is 10.4. The summed E-state index contributed by atoms with van der Waals surface area (Å²) in [6.07, 6.45) is 3.98. The number of nitrogens with one attached hydrogen (secondary N) is 2. The highest BCUT2D eigenvalue weighted by molar-refractivity contribution is 7.18. The Morgan fingerprint density at radius 2 is 2.21 bits per heavy atom. The van der Waals surface area contributed by atoms with E-state index in [0.29, 0.717) is 0 Å². The topological polar surface area (TPSA) is 53.6 Å². The molecule has 1 aromatic carbocycles. The number of fused-ring (bicyclic) bond motifs is 2. The third-order valence-electron chi connectivity index (χ3n) is 3.53. The molecule has 0 bridgehead atoms. The van der Waals surface area contributed by atoms with Crippen LogP contribution in [-0.4, -0.2) is 21.5 Å². The zero-order chi connectivity index (χ0) is 12.7. The molecule has 0 saturated carbocycles. The Hall–Kier alpha value is -1.72. The van der Waals surface area contributed by atoms with Crippen molar-refractivity contribution >= 4 is 21.6 Å². The molecule has 0 radical (unpaired) electrons. The summed E-state index contributed by atoms with van der Waals surface area (Å²) in [6.45, 7) is 1.00. The van der Waals surface area contributed by atoms with Crippen molar-refractivity contribution in [3.63, 3.8) is 0 Å². The number of para-hydroxylation sites is 1. The van der Waals surface area contributed by atoms with Crippen LogP contribution in [0.5, 0.6) is 0 Å². The zero-order valence-corrected chi connectivity index (χ0v) is 11.2. The number of aryl methyl sites for hydroxylation is 1. The largest absolute Gasteiger partial charge is 0.348 e. The van der Waals surface area contributed by atoms with Crippen LogP contribution >= 0.6 is 11.3 Å². The van der Waals surface area contributed by atoms with Gasteiger partial charge in [-0.2, -0.15) is 0 Å². The van der Waals surface area contributed by atoms with E-state index >= 15 is 0 Å². The second-order valence-corrected chi connectivity index (χ2v) is 5.84. The Morgan fingerprint density at radius 1 is 1.26 bits per heavy atom. The van der Waals surface area contributed by atoms with Crippen LogP contribution < -0.4 is 5.32 Å². The molecular formula is C14H14N4S. The molecule has 19 heavy (non-hydrogen) atoms. The van der Waals surface area contributed by atoms with Gasteiger partial charge in [0, 0.05) is 5.69 Å². The van der Waals surface area contributed by atoms with Gasteiger partial charge < -0.3 is 10.3 Å². The number of nitrogens with zero attached hydrogens (tertiary/aromatic N) is 2. The minimum atomic E-state index is 0.126. The van der Waals surface area contributed by atoms with Gasteiger partial charge in [0.2, 0.25) is 0 Å². The fourth-order valence-corrected chi connectivity index (χ4v) is 3.65. The van der Waals surface area contributed by atoms with Gasteiger partial charge in [-0.05, 0) is 31.5 Å². The number of thiazole rings is 1. The molecule has 0 saturated heterocycles. The molecule has 1 aliphatic heterocycles. The maximum atomic E-state index is 4.76. The standard InChI is InChI=1S/C14H14N4S/c1-2-6-11-9(4-1)18-14(19-11)13-12-10(16-8-17-12)5-3-7-15-13/h1-2,4,6,8,13,15H,3,5,7H2,(H,16,17).